The first-order valence-electron chi connectivity index (χ1n) is 7.25. The first-order chi connectivity index (χ1) is 11.8. The molecule has 0 saturated carbocycles. The number of amides is 2. The van der Waals surface area contributed by atoms with Gasteiger partial charge < -0.3 is 21.1 Å². The third kappa shape index (κ3) is 5.50. The number of rotatable bonds is 5. The van der Waals surface area contributed by atoms with E-state index in [9.17, 15) is 14.4 Å². The molecule has 2 amide bonds. The fraction of sp³-hybridized carbons (Fsp3) is 0.118. The third-order valence-corrected chi connectivity index (χ3v) is 3.38. The van der Waals surface area contributed by atoms with E-state index in [4.69, 9.17) is 22.1 Å². The number of nitrogens with one attached hydrogen (secondary N) is 2. The molecule has 2 aromatic carbocycles. The van der Waals surface area contributed by atoms with Crippen LogP contribution < -0.4 is 16.4 Å². The highest BCUT2D eigenvalue weighted by atomic mass is 35.5. The second-order valence-corrected chi connectivity index (χ2v) is 5.53. The highest BCUT2D eigenvalue weighted by Gasteiger charge is 2.12. The number of halogens is 1. The molecule has 130 valence electrons. The van der Waals surface area contributed by atoms with E-state index in [1.807, 2.05) is 0 Å². The highest BCUT2D eigenvalue weighted by Crippen LogP contribution is 2.20. The smallest absolute Gasteiger partial charge is 0.338 e. The fourth-order valence-corrected chi connectivity index (χ4v) is 2.08. The van der Waals surface area contributed by atoms with Crippen LogP contribution in [0.15, 0.2) is 42.5 Å². The lowest BCUT2D eigenvalue weighted by Crippen LogP contribution is -2.21. The van der Waals surface area contributed by atoms with Crippen LogP contribution in [0.25, 0.3) is 0 Å². The van der Waals surface area contributed by atoms with Crippen LogP contribution in [0, 0.1) is 0 Å². The van der Waals surface area contributed by atoms with Gasteiger partial charge in [0, 0.05) is 18.3 Å². The van der Waals surface area contributed by atoms with Crippen molar-refractivity contribution in [1.82, 2.24) is 0 Å². The van der Waals surface area contributed by atoms with Crippen LogP contribution in [-0.4, -0.2) is 24.4 Å². The molecule has 4 N–H and O–H groups in total. The molecule has 2 aromatic rings. The van der Waals surface area contributed by atoms with Gasteiger partial charge in [-0.3, -0.25) is 9.59 Å². The molecular formula is C17H16ClN3O4. The first kappa shape index (κ1) is 18.3. The van der Waals surface area contributed by atoms with Crippen molar-refractivity contribution in [2.75, 3.05) is 23.0 Å². The SMILES string of the molecule is CC(=O)Nc1cccc(NC(=O)COC(=O)c2ccc(Cl)c(N)c2)c1. The second-order valence-electron chi connectivity index (χ2n) is 5.12. The number of carbonyl (C=O) groups excluding carboxylic acids is 3. The number of nitrogen functional groups attached to an aromatic ring is 1. The summed E-state index contributed by atoms with van der Waals surface area (Å²) in [7, 11) is 0. The molecule has 0 fully saturated rings. The largest absolute Gasteiger partial charge is 0.452 e. The van der Waals surface area contributed by atoms with E-state index in [0.717, 1.165) is 0 Å². The van der Waals surface area contributed by atoms with E-state index >= 15 is 0 Å². The minimum atomic E-state index is -0.689. The van der Waals surface area contributed by atoms with Crippen LogP contribution in [-0.2, 0) is 14.3 Å². The van der Waals surface area contributed by atoms with Crippen molar-refractivity contribution in [2.24, 2.45) is 0 Å². The third-order valence-electron chi connectivity index (χ3n) is 3.03. The fourth-order valence-electron chi connectivity index (χ4n) is 1.96. The molecule has 0 heterocycles. The summed E-state index contributed by atoms with van der Waals surface area (Å²) in [5.74, 6) is -1.43. The topological polar surface area (TPSA) is 111 Å². The second kappa shape index (κ2) is 8.16. The Hall–Kier alpha value is -3.06. The average Bonchev–Trinajstić information content (AvgIpc) is 2.55. The Balaban J connectivity index is 1.91. The Bertz CT molecular complexity index is 823. The predicted octanol–water partition coefficient (Wildman–Crippen LogP) is 2.68. The maximum atomic E-state index is 11.9. The zero-order valence-electron chi connectivity index (χ0n) is 13.3. The van der Waals surface area contributed by atoms with E-state index in [1.54, 1.807) is 24.3 Å². The molecule has 25 heavy (non-hydrogen) atoms. The lowest BCUT2D eigenvalue weighted by Gasteiger charge is -2.09. The van der Waals surface area contributed by atoms with E-state index in [2.05, 4.69) is 10.6 Å². The number of nitrogens with two attached hydrogens (primary N) is 1. The maximum absolute atomic E-state index is 11.9. The van der Waals surface area contributed by atoms with Crippen molar-refractivity contribution in [3.8, 4) is 0 Å². The Morgan fingerprint density at radius 1 is 1.08 bits per heavy atom. The Morgan fingerprint density at radius 3 is 2.40 bits per heavy atom. The van der Waals surface area contributed by atoms with Crippen molar-refractivity contribution in [1.29, 1.82) is 0 Å². The van der Waals surface area contributed by atoms with Gasteiger partial charge >= 0.3 is 5.97 Å². The van der Waals surface area contributed by atoms with Crippen LogP contribution in [0.2, 0.25) is 5.02 Å². The number of ether oxygens (including phenoxy) is 1. The molecule has 0 aliphatic carbocycles. The summed E-state index contributed by atoms with van der Waals surface area (Å²) in [5, 5.41) is 5.50. The monoisotopic (exact) mass is 361 g/mol. The van der Waals surface area contributed by atoms with Gasteiger partial charge in [-0.2, -0.15) is 0 Å². The Kier molecular flexibility index (Phi) is 5.97. The molecule has 0 saturated heterocycles. The molecule has 0 aliphatic heterocycles. The number of anilines is 3. The molecule has 0 bridgehead atoms. The van der Waals surface area contributed by atoms with Gasteiger partial charge in [-0.15, -0.1) is 0 Å². The molecule has 0 unspecified atom stereocenters. The summed E-state index contributed by atoms with van der Waals surface area (Å²) in [6.45, 7) is 0.917. The number of carbonyl (C=O) groups is 3. The quantitative estimate of drug-likeness (QED) is 0.560. The van der Waals surface area contributed by atoms with Gasteiger partial charge in [0.2, 0.25) is 5.91 Å². The number of hydrogen-bond acceptors (Lipinski definition) is 5. The molecule has 0 radical (unpaired) electrons. The minimum Gasteiger partial charge on any atom is -0.452 e. The molecule has 8 heteroatoms. The summed E-state index contributed by atoms with van der Waals surface area (Å²) in [6, 6.07) is 10.9. The summed E-state index contributed by atoms with van der Waals surface area (Å²) in [4.78, 5) is 34.8. The van der Waals surface area contributed by atoms with E-state index in [-0.39, 0.29) is 17.2 Å². The lowest BCUT2D eigenvalue weighted by atomic mass is 10.2. The van der Waals surface area contributed by atoms with Crippen LogP contribution in [0.3, 0.4) is 0 Å². The van der Waals surface area contributed by atoms with Gasteiger partial charge in [0.15, 0.2) is 6.61 Å². The molecule has 0 aliphatic rings. The molecule has 7 nitrogen and oxygen atoms in total. The zero-order chi connectivity index (χ0) is 18.4. The highest BCUT2D eigenvalue weighted by molar-refractivity contribution is 6.33. The maximum Gasteiger partial charge on any atom is 0.338 e. The van der Waals surface area contributed by atoms with Crippen LogP contribution in [0.4, 0.5) is 17.1 Å². The minimum absolute atomic E-state index is 0.197. The Labute approximate surface area is 149 Å². The van der Waals surface area contributed by atoms with Gasteiger partial charge in [-0.1, -0.05) is 17.7 Å². The van der Waals surface area contributed by atoms with Gasteiger partial charge in [-0.25, -0.2) is 4.79 Å². The first-order valence-corrected chi connectivity index (χ1v) is 7.62. The normalized spacial score (nSPS) is 10.0. The predicted molar refractivity (Wildman–Crippen MR) is 95.5 cm³/mol. The van der Waals surface area contributed by atoms with Crippen molar-refractivity contribution in [3.05, 3.63) is 53.1 Å². The van der Waals surface area contributed by atoms with E-state index in [0.29, 0.717) is 16.4 Å². The summed E-state index contributed by atoms with van der Waals surface area (Å²) >= 11 is 5.78. The summed E-state index contributed by atoms with van der Waals surface area (Å²) < 4.78 is 4.93. The van der Waals surface area contributed by atoms with Crippen LogP contribution in [0.5, 0.6) is 0 Å². The van der Waals surface area contributed by atoms with Crippen molar-refractivity contribution >= 4 is 46.4 Å². The van der Waals surface area contributed by atoms with Crippen molar-refractivity contribution in [2.45, 2.75) is 6.92 Å². The molecule has 0 atom stereocenters. The number of esters is 1. The summed E-state index contributed by atoms with van der Waals surface area (Å²) in [5.41, 5.74) is 7.06. The summed E-state index contributed by atoms with van der Waals surface area (Å²) in [6.07, 6.45) is 0. The van der Waals surface area contributed by atoms with E-state index in [1.165, 1.54) is 25.1 Å². The van der Waals surface area contributed by atoms with Gasteiger partial charge in [-0.05, 0) is 36.4 Å². The lowest BCUT2D eigenvalue weighted by molar-refractivity contribution is -0.119. The van der Waals surface area contributed by atoms with E-state index < -0.39 is 18.5 Å². The van der Waals surface area contributed by atoms with Crippen molar-refractivity contribution in [3.63, 3.8) is 0 Å². The standard InChI is InChI=1S/C17H16ClN3O4/c1-10(22)20-12-3-2-4-13(8-12)21-16(23)9-25-17(24)11-5-6-14(18)15(19)7-11/h2-8H,9,19H2,1H3,(H,20,22)(H,21,23). The van der Waals surface area contributed by atoms with Crippen LogP contribution in [0.1, 0.15) is 17.3 Å². The Morgan fingerprint density at radius 2 is 1.76 bits per heavy atom. The zero-order valence-corrected chi connectivity index (χ0v) is 14.1. The molecule has 0 aromatic heterocycles. The average molecular weight is 362 g/mol. The van der Waals surface area contributed by atoms with Crippen molar-refractivity contribution < 1.29 is 19.1 Å². The van der Waals surface area contributed by atoms with Gasteiger partial charge in [0.05, 0.1) is 16.3 Å². The molecule has 0 spiro atoms. The number of hydrogen-bond donors (Lipinski definition) is 3. The van der Waals surface area contributed by atoms with Crippen LogP contribution >= 0.6 is 11.6 Å². The van der Waals surface area contributed by atoms with Gasteiger partial charge in [0.1, 0.15) is 0 Å². The van der Waals surface area contributed by atoms with Gasteiger partial charge in [0.25, 0.3) is 5.91 Å². The molecular weight excluding hydrogens is 346 g/mol. The molecule has 2 rings (SSSR count). The number of benzene rings is 2.